The van der Waals surface area contributed by atoms with Crippen molar-refractivity contribution in [1.29, 1.82) is 0 Å². The highest BCUT2D eigenvalue weighted by atomic mass is 16.6. The Hall–Kier alpha value is -2.11. The van der Waals surface area contributed by atoms with Crippen molar-refractivity contribution in [2.75, 3.05) is 18.9 Å². The standard InChI is InChI=1S/C11H15N3O3/c1-3-7-13-9-6-4-5-8(11(15)12-2)10(9)14(16)17/h4-6,13H,3,7H2,1-2H3,(H,12,15). The van der Waals surface area contributed by atoms with Gasteiger partial charge in [0.15, 0.2) is 0 Å². The maximum Gasteiger partial charge on any atom is 0.305 e. The van der Waals surface area contributed by atoms with Crippen LogP contribution in [0.1, 0.15) is 23.7 Å². The van der Waals surface area contributed by atoms with Crippen LogP contribution in [0.15, 0.2) is 18.2 Å². The molecular formula is C11H15N3O3. The quantitative estimate of drug-likeness (QED) is 0.603. The van der Waals surface area contributed by atoms with E-state index in [9.17, 15) is 14.9 Å². The van der Waals surface area contributed by atoms with Crippen molar-refractivity contribution in [3.8, 4) is 0 Å². The van der Waals surface area contributed by atoms with E-state index in [2.05, 4.69) is 10.6 Å². The summed E-state index contributed by atoms with van der Waals surface area (Å²) in [7, 11) is 1.44. The second kappa shape index (κ2) is 5.83. The molecule has 1 aromatic rings. The summed E-state index contributed by atoms with van der Waals surface area (Å²) in [5.74, 6) is -0.461. The number of nitro benzene ring substituents is 1. The fourth-order valence-electron chi connectivity index (χ4n) is 1.46. The molecular weight excluding hydrogens is 222 g/mol. The van der Waals surface area contributed by atoms with Gasteiger partial charge in [0.25, 0.3) is 5.91 Å². The van der Waals surface area contributed by atoms with Crippen molar-refractivity contribution in [3.63, 3.8) is 0 Å². The van der Waals surface area contributed by atoms with Gasteiger partial charge < -0.3 is 10.6 Å². The maximum atomic E-state index is 11.5. The number of hydrogen-bond donors (Lipinski definition) is 2. The zero-order valence-corrected chi connectivity index (χ0v) is 9.82. The molecule has 1 aromatic carbocycles. The lowest BCUT2D eigenvalue weighted by atomic mass is 10.1. The van der Waals surface area contributed by atoms with Crippen molar-refractivity contribution >= 4 is 17.3 Å². The number of amides is 1. The van der Waals surface area contributed by atoms with Gasteiger partial charge in [-0.2, -0.15) is 0 Å². The van der Waals surface area contributed by atoms with Gasteiger partial charge in [-0.05, 0) is 18.6 Å². The second-order valence-corrected chi connectivity index (χ2v) is 3.46. The summed E-state index contributed by atoms with van der Waals surface area (Å²) in [4.78, 5) is 22.0. The van der Waals surface area contributed by atoms with Crippen LogP contribution < -0.4 is 10.6 Å². The van der Waals surface area contributed by atoms with Crippen LogP contribution in [-0.4, -0.2) is 24.4 Å². The number of rotatable bonds is 5. The molecule has 0 saturated carbocycles. The van der Waals surface area contributed by atoms with Crippen LogP contribution in [0, 0.1) is 10.1 Å². The third-order valence-corrected chi connectivity index (χ3v) is 2.26. The molecule has 2 N–H and O–H groups in total. The highest BCUT2D eigenvalue weighted by Crippen LogP contribution is 2.28. The van der Waals surface area contributed by atoms with Crippen LogP contribution >= 0.6 is 0 Å². The van der Waals surface area contributed by atoms with Gasteiger partial charge >= 0.3 is 5.69 Å². The number of anilines is 1. The van der Waals surface area contributed by atoms with E-state index < -0.39 is 10.8 Å². The van der Waals surface area contributed by atoms with E-state index in [0.29, 0.717) is 12.2 Å². The Balaban J connectivity index is 3.22. The van der Waals surface area contributed by atoms with E-state index in [1.165, 1.54) is 13.1 Å². The molecule has 0 aliphatic rings. The van der Waals surface area contributed by atoms with Crippen LogP contribution in [0.4, 0.5) is 11.4 Å². The summed E-state index contributed by atoms with van der Waals surface area (Å²) in [6.45, 7) is 2.58. The summed E-state index contributed by atoms with van der Waals surface area (Å²) in [5.41, 5.74) is 0.261. The summed E-state index contributed by atoms with van der Waals surface area (Å²) in [5, 5.41) is 16.3. The molecule has 0 bridgehead atoms. The van der Waals surface area contributed by atoms with E-state index in [4.69, 9.17) is 0 Å². The van der Waals surface area contributed by atoms with Crippen LogP contribution in [0.5, 0.6) is 0 Å². The predicted octanol–water partition coefficient (Wildman–Crippen LogP) is 1.78. The van der Waals surface area contributed by atoms with Gasteiger partial charge in [0.2, 0.25) is 0 Å². The third kappa shape index (κ3) is 2.93. The van der Waals surface area contributed by atoms with Crippen LogP contribution in [0.2, 0.25) is 0 Å². The summed E-state index contributed by atoms with van der Waals surface area (Å²) < 4.78 is 0. The number of para-hydroxylation sites is 1. The zero-order valence-electron chi connectivity index (χ0n) is 9.82. The van der Waals surface area contributed by atoms with E-state index in [1.807, 2.05) is 6.92 Å². The first kappa shape index (κ1) is 13.0. The minimum Gasteiger partial charge on any atom is -0.379 e. The lowest BCUT2D eigenvalue weighted by Crippen LogP contribution is -2.19. The lowest BCUT2D eigenvalue weighted by molar-refractivity contribution is -0.384. The van der Waals surface area contributed by atoms with E-state index in [-0.39, 0.29) is 11.3 Å². The van der Waals surface area contributed by atoms with E-state index in [0.717, 1.165) is 6.42 Å². The van der Waals surface area contributed by atoms with E-state index >= 15 is 0 Å². The topological polar surface area (TPSA) is 84.3 Å². The van der Waals surface area contributed by atoms with Crippen molar-refractivity contribution in [2.24, 2.45) is 0 Å². The van der Waals surface area contributed by atoms with Gasteiger partial charge in [-0.15, -0.1) is 0 Å². The van der Waals surface area contributed by atoms with Crippen molar-refractivity contribution in [2.45, 2.75) is 13.3 Å². The molecule has 17 heavy (non-hydrogen) atoms. The number of carbonyl (C=O) groups is 1. The molecule has 0 radical (unpaired) electrons. The smallest absolute Gasteiger partial charge is 0.305 e. The molecule has 0 aliphatic heterocycles. The highest BCUT2D eigenvalue weighted by Gasteiger charge is 2.23. The minimum atomic E-state index is -0.539. The SMILES string of the molecule is CCCNc1cccc(C(=O)NC)c1[N+](=O)[O-]. The Labute approximate surface area is 99.2 Å². The average molecular weight is 237 g/mol. The summed E-state index contributed by atoms with van der Waals surface area (Å²) in [6.07, 6.45) is 0.849. The van der Waals surface area contributed by atoms with Gasteiger partial charge in [-0.25, -0.2) is 0 Å². The molecule has 0 spiro atoms. The first-order chi connectivity index (χ1) is 8.11. The Morgan fingerprint density at radius 2 is 2.18 bits per heavy atom. The van der Waals surface area contributed by atoms with Gasteiger partial charge in [0.05, 0.1) is 4.92 Å². The van der Waals surface area contributed by atoms with Gasteiger partial charge in [-0.1, -0.05) is 13.0 Å². The molecule has 0 saturated heterocycles. The number of nitro groups is 1. The Morgan fingerprint density at radius 1 is 1.47 bits per heavy atom. The zero-order chi connectivity index (χ0) is 12.8. The Morgan fingerprint density at radius 3 is 2.71 bits per heavy atom. The number of hydrogen-bond acceptors (Lipinski definition) is 4. The highest BCUT2D eigenvalue weighted by molar-refractivity contribution is 6.00. The van der Waals surface area contributed by atoms with Crippen molar-refractivity contribution in [1.82, 2.24) is 5.32 Å². The molecule has 0 aromatic heterocycles. The van der Waals surface area contributed by atoms with Crippen LogP contribution in [-0.2, 0) is 0 Å². The monoisotopic (exact) mass is 237 g/mol. The van der Waals surface area contributed by atoms with Gasteiger partial charge in [-0.3, -0.25) is 14.9 Å². The molecule has 0 unspecified atom stereocenters. The number of benzene rings is 1. The number of nitrogens with one attached hydrogen (secondary N) is 2. The minimum absolute atomic E-state index is 0.0682. The van der Waals surface area contributed by atoms with Crippen LogP contribution in [0.25, 0.3) is 0 Å². The van der Waals surface area contributed by atoms with E-state index in [1.54, 1.807) is 12.1 Å². The molecule has 6 nitrogen and oxygen atoms in total. The average Bonchev–Trinajstić information content (AvgIpc) is 2.34. The Kier molecular flexibility index (Phi) is 4.45. The second-order valence-electron chi connectivity index (χ2n) is 3.46. The fraction of sp³-hybridized carbons (Fsp3) is 0.364. The molecule has 6 heteroatoms. The number of carbonyl (C=O) groups excluding carboxylic acids is 1. The Bertz CT molecular complexity index is 432. The molecule has 92 valence electrons. The normalized spacial score (nSPS) is 9.76. The number of nitrogens with zero attached hydrogens (tertiary/aromatic N) is 1. The first-order valence-corrected chi connectivity index (χ1v) is 5.35. The molecule has 0 heterocycles. The lowest BCUT2D eigenvalue weighted by Gasteiger charge is -2.08. The fourth-order valence-corrected chi connectivity index (χ4v) is 1.46. The largest absolute Gasteiger partial charge is 0.379 e. The van der Waals surface area contributed by atoms with Crippen molar-refractivity contribution in [3.05, 3.63) is 33.9 Å². The third-order valence-electron chi connectivity index (χ3n) is 2.26. The van der Waals surface area contributed by atoms with Gasteiger partial charge in [0.1, 0.15) is 11.3 Å². The molecule has 0 aliphatic carbocycles. The maximum absolute atomic E-state index is 11.5. The summed E-state index contributed by atoms with van der Waals surface area (Å²) in [6, 6.07) is 4.66. The van der Waals surface area contributed by atoms with Crippen molar-refractivity contribution < 1.29 is 9.72 Å². The molecule has 0 fully saturated rings. The predicted molar refractivity (Wildman–Crippen MR) is 65.3 cm³/mol. The van der Waals surface area contributed by atoms with Gasteiger partial charge in [0, 0.05) is 13.6 Å². The first-order valence-electron chi connectivity index (χ1n) is 5.35. The molecule has 1 amide bonds. The molecule has 0 atom stereocenters. The molecule has 1 rings (SSSR count). The summed E-state index contributed by atoms with van der Waals surface area (Å²) >= 11 is 0. The van der Waals surface area contributed by atoms with Crippen LogP contribution in [0.3, 0.4) is 0 Å².